The Labute approximate surface area is 71.0 Å². The lowest BCUT2D eigenvalue weighted by Crippen LogP contribution is -2.42. The highest BCUT2D eigenvalue weighted by atomic mass is 15.1. The van der Waals surface area contributed by atoms with Crippen LogP contribution in [0.2, 0.25) is 0 Å². The third-order valence-electron chi connectivity index (χ3n) is 2.03. The molecule has 1 atom stereocenters. The molecule has 68 valence electrons. The fourth-order valence-electron chi connectivity index (χ4n) is 1.40. The van der Waals surface area contributed by atoms with Crippen LogP contribution in [0.25, 0.3) is 0 Å². The molecule has 0 radical (unpaired) electrons. The molecule has 11 heavy (non-hydrogen) atoms. The smallest absolute Gasteiger partial charge is 0.0192 e. The van der Waals surface area contributed by atoms with Crippen LogP contribution in [0.3, 0.4) is 0 Å². The van der Waals surface area contributed by atoms with Crippen LogP contribution >= 0.6 is 0 Å². The summed E-state index contributed by atoms with van der Waals surface area (Å²) in [6.07, 6.45) is 2.70. The number of nitrogens with zero attached hydrogens (tertiary/aromatic N) is 1. The van der Waals surface area contributed by atoms with E-state index in [-0.39, 0.29) is 0 Å². The molecule has 1 N–H and O–H groups in total. The molecule has 0 unspecified atom stereocenters. The number of rotatable bonds is 1. The minimum atomic E-state index is 0.740. The first kappa shape index (κ1) is 10.9. The van der Waals surface area contributed by atoms with E-state index in [2.05, 4.69) is 17.3 Å². The number of likely N-dealkylation sites (tertiary alicyclic amines) is 1. The highest BCUT2D eigenvalue weighted by Gasteiger charge is 2.13. The summed E-state index contributed by atoms with van der Waals surface area (Å²) >= 11 is 0. The molecule has 1 saturated heterocycles. The Morgan fingerprint density at radius 1 is 1.36 bits per heavy atom. The van der Waals surface area contributed by atoms with Gasteiger partial charge < -0.3 is 10.2 Å². The standard InChI is InChI=1S/C7H16N2.C2H6/c1-8-7-4-3-5-9(2)6-7;1-2/h7-8H,3-6H2,1-2H3;1-2H3/t7-;/m1./s1. The average Bonchev–Trinajstić information content (AvgIpc) is 2.08. The molecule has 0 spiro atoms. The first-order chi connectivity index (χ1) is 5.33. The lowest BCUT2D eigenvalue weighted by Gasteiger charge is -2.29. The van der Waals surface area contributed by atoms with Gasteiger partial charge in [0.2, 0.25) is 0 Å². The van der Waals surface area contributed by atoms with E-state index in [0.29, 0.717) is 0 Å². The molecule has 0 aliphatic carbocycles. The van der Waals surface area contributed by atoms with Gasteiger partial charge in [0, 0.05) is 12.6 Å². The number of hydrogen-bond acceptors (Lipinski definition) is 2. The minimum absolute atomic E-state index is 0.740. The van der Waals surface area contributed by atoms with Gasteiger partial charge >= 0.3 is 0 Å². The fourth-order valence-corrected chi connectivity index (χ4v) is 1.40. The molecule has 2 heteroatoms. The van der Waals surface area contributed by atoms with Crippen molar-refractivity contribution in [3.8, 4) is 0 Å². The van der Waals surface area contributed by atoms with E-state index in [0.717, 1.165) is 6.04 Å². The van der Waals surface area contributed by atoms with Gasteiger partial charge in [-0.1, -0.05) is 13.8 Å². The maximum Gasteiger partial charge on any atom is 0.0192 e. The number of piperidine rings is 1. The van der Waals surface area contributed by atoms with Gasteiger partial charge in [-0.15, -0.1) is 0 Å². The molecule has 0 saturated carbocycles. The van der Waals surface area contributed by atoms with Crippen molar-refractivity contribution in [1.29, 1.82) is 0 Å². The molecule has 0 aromatic rings. The van der Waals surface area contributed by atoms with Crippen molar-refractivity contribution >= 4 is 0 Å². The summed E-state index contributed by atoms with van der Waals surface area (Å²) in [5.41, 5.74) is 0. The summed E-state index contributed by atoms with van der Waals surface area (Å²) in [6, 6.07) is 0.740. The van der Waals surface area contributed by atoms with Crippen molar-refractivity contribution < 1.29 is 0 Å². The molecule has 0 aromatic carbocycles. The van der Waals surface area contributed by atoms with Crippen LogP contribution in [0.5, 0.6) is 0 Å². The van der Waals surface area contributed by atoms with Crippen LogP contribution in [0, 0.1) is 0 Å². The van der Waals surface area contributed by atoms with Gasteiger partial charge in [0.15, 0.2) is 0 Å². The zero-order valence-electron chi connectivity index (χ0n) is 8.35. The van der Waals surface area contributed by atoms with Crippen molar-refractivity contribution in [1.82, 2.24) is 10.2 Å². The Kier molecular flexibility index (Phi) is 6.57. The first-order valence-electron chi connectivity index (χ1n) is 4.68. The molecule has 2 nitrogen and oxygen atoms in total. The molecule has 1 rings (SSSR count). The molecule has 1 fully saturated rings. The normalized spacial score (nSPS) is 25.6. The number of nitrogens with one attached hydrogen (secondary N) is 1. The molecule has 0 aromatic heterocycles. The van der Waals surface area contributed by atoms with Crippen molar-refractivity contribution in [2.75, 3.05) is 27.2 Å². The molecule has 0 amide bonds. The topological polar surface area (TPSA) is 15.3 Å². The second kappa shape index (κ2) is 6.62. The summed E-state index contributed by atoms with van der Waals surface area (Å²) in [5, 5.41) is 3.29. The maximum absolute atomic E-state index is 3.29. The number of hydrogen-bond donors (Lipinski definition) is 1. The Morgan fingerprint density at radius 2 is 2.00 bits per heavy atom. The minimum Gasteiger partial charge on any atom is -0.316 e. The van der Waals surface area contributed by atoms with Crippen molar-refractivity contribution in [3.05, 3.63) is 0 Å². The fraction of sp³-hybridized carbons (Fsp3) is 1.00. The molecule has 0 bridgehead atoms. The van der Waals surface area contributed by atoms with Gasteiger partial charge in [-0.05, 0) is 33.5 Å². The summed E-state index contributed by atoms with van der Waals surface area (Å²) in [7, 11) is 4.23. The molecule has 1 aliphatic heterocycles. The van der Waals surface area contributed by atoms with Crippen molar-refractivity contribution in [2.24, 2.45) is 0 Å². The SMILES string of the molecule is CC.CN[C@@H]1CCCN(C)C1. The first-order valence-corrected chi connectivity index (χ1v) is 4.68. The Morgan fingerprint density at radius 3 is 2.36 bits per heavy atom. The zero-order valence-corrected chi connectivity index (χ0v) is 8.35. The lowest BCUT2D eigenvalue weighted by molar-refractivity contribution is 0.234. The summed E-state index contributed by atoms with van der Waals surface area (Å²) in [4.78, 5) is 2.38. The third kappa shape index (κ3) is 4.38. The quantitative estimate of drug-likeness (QED) is 0.619. The molecular weight excluding hydrogens is 136 g/mol. The van der Waals surface area contributed by atoms with E-state index < -0.39 is 0 Å². The van der Waals surface area contributed by atoms with Crippen LogP contribution in [0.15, 0.2) is 0 Å². The van der Waals surface area contributed by atoms with Crippen molar-refractivity contribution in [2.45, 2.75) is 32.7 Å². The van der Waals surface area contributed by atoms with Gasteiger partial charge in [-0.25, -0.2) is 0 Å². The summed E-state index contributed by atoms with van der Waals surface area (Å²) in [6.45, 7) is 6.49. The third-order valence-corrected chi connectivity index (χ3v) is 2.03. The van der Waals surface area contributed by atoms with E-state index >= 15 is 0 Å². The molecule has 1 aliphatic rings. The van der Waals surface area contributed by atoms with Gasteiger partial charge in [0.05, 0.1) is 0 Å². The Balaban J connectivity index is 0.000000461. The second-order valence-electron chi connectivity index (χ2n) is 2.89. The predicted octanol–water partition coefficient (Wildman–Crippen LogP) is 1.33. The van der Waals surface area contributed by atoms with E-state index in [1.807, 2.05) is 20.9 Å². The van der Waals surface area contributed by atoms with Crippen LogP contribution in [-0.2, 0) is 0 Å². The number of likely N-dealkylation sites (N-methyl/N-ethyl adjacent to an activating group) is 2. The predicted molar refractivity (Wildman–Crippen MR) is 50.9 cm³/mol. The van der Waals surface area contributed by atoms with Gasteiger partial charge in [-0.2, -0.15) is 0 Å². The molecular formula is C9H22N2. The largest absolute Gasteiger partial charge is 0.316 e. The van der Waals surface area contributed by atoms with E-state index in [4.69, 9.17) is 0 Å². The average molecular weight is 158 g/mol. The van der Waals surface area contributed by atoms with Crippen molar-refractivity contribution in [3.63, 3.8) is 0 Å². The van der Waals surface area contributed by atoms with Gasteiger partial charge in [0.25, 0.3) is 0 Å². The highest BCUT2D eigenvalue weighted by Crippen LogP contribution is 2.06. The summed E-state index contributed by atoms with van der Waals surface area (Å²) in [5.74, 6) is 0. The van der Waals surface area contributed by atoms with E-state index in [1.165, 1.54) is 25.9 Å². The zero-order chi connectivity index (χ0) is 8.69. The van der Waals surface area contributed by atoms with E-state index in [9.17, 15) is 0 Å². The highest BCUT2D eigenvalue weighted by molar-refractivity contribution is 4.74. The van der Waals surface area contributed by atoms with Gasteiger partial charge in [0.1, 0.15) is 0 Å². The van der Waals surface area contributed by atoms with E-state index in [1.54, 1.807) is 0 Å². The molecule has 1 heterocycles. The summed E-state index contributed by atoms with van der Waals surface area (Å²) < 4.78 is 0. The van der Waals surface area contributed by atoms with Crippen LogP contribution in [0.1, 0.15) is 26.7 Å². The Bertz CT molecular complexity index is 83.6. The van der Waals surface area contributed by atoms with Crippen LogP contribution < -0.4 is 5.32 Å². The van der Waals surface area contributed by atoms with Crippen LogP contribution in [-0.4, -0.2) is 38.1 Å². The van der Waals surface area contributed by atoms with Gasteiger partial charge in [-0.3, -0.25) is 0 Å². The Hall–Kier alpha value is -0.0800. The van der Waals surface area contributed by atoms with Crippen LogP contribution in [0.4, 0.5) is 0 Å². The lowest BCUT2D eigenvalue weighted by atomic mass is 10.1. The second-order valence-corrected chi connectivity index (χ2v) is 2.89. The maximum atomic E-state index is 3.29. The monoisotopic (exact) mass is 158 g/mol.